The molecule has 0 aliphatic rings. The Morgan fingerprint density at radius 3 is 2.67 bits per heavy atom. The van der Waals surface area contributed by atoms with Gasteiger partial charge >= 0.3 is 0 Å². The molecule has 0 aromatic heterocycles. The number of hydrogen-bond acceptors (Lipinski definition) is 4. The van der Waals surface area contributed by atoms with Gasteiger partial charge in [0.05, 0.1) is 24.7 Å². The van der Waals surface area contributed by atoms with Gasteiger partial charge in [-0.2, -0.15) is 0 Å². The third-order valence-corrected chi connectivity index (χ3v) is 3.67. The molecular weight excluding hydrogens is 336 g/mol. The van der Waals surface area contributed by atoms with Gasteiger partial charge in [0.25, 0.3) is 0 Å². The minimum Gasteiger partial charge on any atom is -0.493 e. The van der Waals surface area contributed by atoms with Crippen LogP contribution in [0.4, 0.5) is 0 Å². The van der Waals surface area contributed by atoms with Gasteiger partial charge < -0.3 is 19.7 Å². The number of amides is 1. The number of methoxy groups -OCH3 is 1. The summed E-state index contributed by atoms with van der Waals surface area (Å²) in [6.45, 7) is 6.07. The van der Waals surface area contributed by atoms with Crippen LogP contribution in [0.5, 0.6) is 11.5 Å². The second kappa shape index (κ2) is 8.89. The van der Waals surface area contributed by atoms with Crippen molar-refractivity contribution in [3.8, 4) is 11.5 Å². The number of hydrogen-bond donors (Lipinski definition) is 1. The summed E-state index contributed by atoms with van der Waals surface area (Å²) in [5.74, 6) is 1.46. The van der Waals surface area contributed by atoms with Crippen molar-refractivity contribution >= 4 is 21.8 Å². The first-order valence-electron chi connectivity index (χ1n) is 6.97. The molecule has 1 rings (SSSR count). The highest BCUT2D eigenvalue weighted by atomic mass is 79.9. The molecule has 0 fully saturated rings. The Morgan fingerprint density at radius 1 is 1.38 bits per heavy atom. The van der Waals surface area contributed by atoms with E-state index in [1.165, 1.54) is 0 Å². The molecule has 1 aromatic carbocycles. The molecule has 0 heterocycles. The van der Waals surface area contributed by atoms with Crippen molar-refractivity contribution in [1.29, 1.82) is 0 Å². The van der Waals surface area contributed by atoms with Crippen molar-refractivity contribution < 1.29 is 14.3 Å². The number of rotatable bonds is 8. The zero-order chi connectivity index (χ0) is 15.8. The Morgan fingerprint density at radius 2 is 2.10 bits per heavy atom. The Bertz CT molecular complexity index is 480. The van der Waals surface area contributed by atoms with Gasteiger partial charge in [-0.3, -0.25) is 4.79 Å². The quantitative estimate of drug-likeness (QED) is 0.775. The molecule has 0 spiro atoms. The predicted molar refractivity (Wildman–Crippen MR) is 86.9 cm³/mol. The van der Waals surface area contributed by atoms with E-state index in [0.717, 1.165) is 10.0 Å². The summed E-state index contributed by atoms with van der Waals surface area (Å²) in [7, 11) is 3.40. The normalized spacial score (nSPS) is 10.3. The lowest BCUT2D eigenvalue weighted by Gasteiger charge is -2.16. The van der Waals surface area contributed by atoms with Crippen LogP contribution < -0.4 is 14.8 Å². The standard InChI is InChI=1S/C15H23BrN2O3/c1-5-18(3)14(19)10-17-9-11-7-12(16)15(21-6-2)13(8-11)20-4/h7-8,17H,5-6,9-10H2,1-4H3. The van der Waals surface area contributed by atoms with E-state index in [2.05, 4.69) is 21.2 Å². The fraction of sp³-hybridized carbons (Fsp3) is 0.533. The van der Waals surface area contributed by atoms with Crippen LogP contribution in [0.1, 0.15) is 19.4 Å². The van der Waals surface area contributed by atoms with Crippen LogP contribution >= 0.6 is 15.9 Å². The summed E-state index contributed by atoms with van der Waals surface area (Å²) in [4.78, 5) is 13.4. The predicted octanol–water partition coefficient (Wildman–Crippen LogP) is 2.42. The van der Waals surface area contributed by atoms with Crippen LogP contribution in [-0.4, -0.2) is 44.7 Å². The molecule has 118 valence electrons. The van der Waals surface area contributed by atoms with Gasteiger partial charge in [0, 0.05) is 20.1 Å². The molecule has 1 N–H and O–H groups in total. The number of benzene rings is 1. The molecule has 0 saturated heterocycles. The monoisotopic (exact) mass is 358 g/mol. The van der Waals surface area contributed by atoms with Crippen LogP contribution in [0.15, 0.2) is 16.6 Å². The minimum absolute atomic E-state index is 0.0782. The van der Waals surface area contributed by atoms with E-state index >= 15 is 0 Å². The molecule has 0 aliphatic carbocycles. The molecule has 0 atom stereocenters. The number of carbonyl (C=O) groups is 1. The van der Waals surface area contributed by atoms with Crippen molar-refractivity contribution in [2.75, 3.05) is 33.9 Å². The molecule has 1 amide bonds. The van der Waals surface area contributed by atoms with Gasteiger partial charge in [-0.25, -0.2) is 0 Å². The molecular formula is C15H23BrN2O3. The summed E-state index contributed by atoms with van der Waals surface area (Å²) in [6.07, 6.45) is 0. The fourth-order valence-corrected chi connectivity index (χ4v) is 2.39. The maximum atomic E-state index is 11.7. The van der Waals surface area contributed by atoms with Crippen molar-refractivity contribution in [1.82, 2.24) is 10.2 Å². The number of nitrogens with one attached hydrogen (secondary N) is 1. The molecule has 0 unspecified atom stereocenters. The zero-order valence-electron chi connectivity index (χ0n) is 13.0. The van der Waals surface area contributed by atoms with E-state index < -0.39 is 0 Å². The van der Waals surface area contributed by atoms with E-state index in [-0.39, 0.29) is 5.91 Å². The summed E-state index contributed by atoms with van der Waals surface area (Å²) >= 11 is 3.49. The summed E-state index contributed by atoms with van der Waals surface area (Å²) in [5.41, 5.74) is 1.02. The average Bonchev–Trinajstić information content (AvgIpc) is 2.48. The van der Waals surface area contributed by atoms with Crippen molar-refractivity contribution in [2.24, 2.45) is 0 Å². The van der Waals surface area contributed by atoms with E-state index in [1.807, 2.05) is 26.0 Å². The fourth-order valence-electron chi connectivity index (χ4n) is 1.78. The van der Waals surface area contributed by atoms with E-state index in [0.29, 0.717) is 37.7 Å². The van der Waals surface area contributed by atoms with E-state index in [4.69, 9.17) is 9.47 Å². The smallest absolute Gasteiger partial charge is 0.236 e. The number of carbonyl (C=O) groups excluding carboxylic acids is 1. The largest absolute Gasteiger partial charge is 0.493 e. The van der Waals surface area contributed by atoms with Crippen LogP contribution in [0.3, 0.4) is 0 Å². The third-order valence-electron chi connectivity index (χ3n) is 3.08. The first-order valence-corrected chi connectivity index (χ1v) is 7.76. The first kappa shape index (κ1) is 17.8. The molecule has 21 heavy (non-hydrogen) atoms. The lowest BCUT2D eigenvalue weighted by molar-refractivity contribution is -0.128. The SMILES string of the molecule is CCOc1c(Br)cc(CNCC(=O)N(C)CC)cc1OC. The topological polar surface area (TPSA) is 50.8 Å². The van der Waals surface area contributed by atoms with Gasteiger partial charge in [0.1, 0.15) is 0 Å². The lowest BCUT2D eigenvalue weighted by atomic mass is 10.2. The minimum atomic E-state index is 0.0782. The number of ether oxygens (including phenoxy) is 2. The number of halogens is 1. The third kappa shape index (κ3) is 5.21. The Balaban J connectivity index is 2.68. The van der Waals surface area contributed by atoms with Gasteiger partial charge in [-0.1, -0.05) is 0 Å². The van der Waals surface area contributed by atoms with Gasteiger partial charge in [0.15, 0.2) is 11.5 Å². The second-order valence-corrected chi connectivity index (χ2v) is 5.41. The molecule has 6 heteroatoms. The van der Waals surface area contributed by atoms with E-state index in [9.17, 15) is 4.79 Å². The Labute approximate surface area is 134 Å². The van der Waals surface area contributed by atoms with Crippen molar-refractivity contribution in [3.05, 3.63) is 22.2 Å². The summed E-state index contributed by atoms with van der Waals surface area (Å²) < 4.78 is 11.7. The van der Waals surface area contributed by atoms with Gasteiger partial charge in [0.2, 0.25) is 5.91 Å². The average molecular weight is 359 g/mol. The number of likely N-dealkylation sites (N-methyl/N-ethyl adjacent to an activating group) is 1. The highest BCUT2D eigenvalue weighted by molar-refractivity contribution is 9.10. The molecule has 0 aliphatic heterocycles. The zero-order valence-corrected chi connectivity index (χ0v) is 14.6. The molecule has 0 radical (unpaired) electrons. The molecule has 0 bridgehead atoms. The van der Waals surface area contributed by atoms with Gasteiger partial charge in [-0.15, -0.1) is 0 Å². The highest BCUT2D eigenvalue weighted by Crippen LogP contribution is 2.36. The highest BCUT2D eigenvalue weighted by Gasteiger charge is 2.12. The Hall–Kier alpha value is -1.27. The van der Waals surface area contributed by atoms with Gasteiger partial charge in [-0.05, 0) is 47.5 Å². The molecule has 1 aromatic rings. The number of nitrogens with zero attached hydrogens (tertiary/aromatic N) is 1. The molecule has 5 nitrogen and oxygen atoms in total. The maximum Gasteiger partial charge on any atom is 0.236 e. The molecule has 0 saturated carbocycles. The Kier molecular flexibility index (Phi) is 7.53. The van der Waals surface area contributed by atoms with Crippen LogP contribution in [0.25, 0.3) is 0 Å². The first-order chi connectivity index (χ1) is 10.0. The van der Waals surface area contributed by atoms with Crippen LogP contribution in [0, 0.1) is 0 Å². The van der Waals surface area contributed by atoms with E-state index in [1.54, 1.807) is 19.1 Å². The lowest BCUT2D eigenvalue weighted by Crippen LogP contribution is -2.35. The second-order valence-electron chi connectivity index (χ2n) is 4.55. The summed E-state index contributed by atoms with van der Waals surface area (Å²) in [5, 5.41) is 3.14. The van der Waals surface area contributed by atoms with Crippen molar-refractivity contribution in [2.45, 2.75) is 20.4 Å². The maximum absolute atomic E-state index is 11.7. The van der Waals surface area contributed by atoms with Crippen molar-refractivity contribution in [3.63, 3.8) is 0 Å². The van der Waals surface area contributed by atoms with Crippen LogP contribution in [-0.2, 0) is 11.3 Å². The van der Waals surface area contributed by atoms with Crippen LogP contribution in [0.2, 0.25) is 0 Å². The summed E-state index contributed by atoms with van der Waals surface area (Å²) in [6, 6.07) is 3.88.